The molecule has 0 aliphatic carbocycles. The summed E-state index contributed by atoms with van der Waals surface area (Å²) in [4.78, 5) is 33.5. The van der Waals surface area contributed by atoms with Crippen LogP contribution in [-0.2, 0) is 9.59 Å². The predicted octanol–water partition coefficient (Wildman–Crippen LogP) is 2.07. The van der Waals surface area contributed by atoms with E-state index in [-0.39, 0.29) is 12.1 Å². The van der Waals surface area contributed by atoms with Gasteiger partial charge >= 0.3 is 5.97 Å². The third-order valence-corrected chi connectivity index (χ3v) is 3.55. The number of carboxylic acids is 1. The first kappa shape index (κ1) is 16.6. The highest BCUT2D eigenvalue weighted by Crippen LogP contribution is 2.22. The molecule has 0 saturated carbocycles. The second-order valence-electron chi connectivity index (χ2n) is 5.05. The lowest BCUT2D eigenvalue weighted by Gasteiger charge is -2.26. The quantitative estimate of drug-likeness (QED) is 0.616. The summed E-state index contributed by atoms with van der Waals surface area (Å²) in [5, 5.41) is 22.4. The second kappa shape index (κ2) is 6.34. The average Bonchev–Trinajstić information content (AvgIpc) is 2.46. The van der Waals surface area contributed by atoms with E-state index in [1.54, 1.807) is 19.9 Å². The van der Waals surface area contributed by atoms with Crippen molar-refractivity contribution in [3.63, 3.8) is 0 Å². The SMILES string of the molecule is CCC(C)(NC(=O)C(C)c1cccc([N+](=O)[O-])c1)C(=O)O. The average molecular weight is 294 g/mol. The highest BCUT2D eigenvalue weighted by atomic mass is 16.6. The minimum atomic E-state index is -1.36. The van der Waals surface area contributed by atoms with Crippen LogP contribution in [0.3, 0.4) is 0 Å². The maximum atomic E-state index is 12.2. The molecule has 0 fully saturated rings. The third kappa shape index (κ3) is 3.77. The van der Waals surface area contributed by atoms with Gasteiger partial charge in [0.25, 0.3) is 5.69 Å². The number of hydrogen-bond donors (Lipinski definition) is 2. The minimum absolute atomic E-state index is 0.108. The number of nitrogens with one attached hydrogen (secondary N) is 1. The molecule has 0 radical (unpaired) electrons. The number of hydrogen-bond acceptors (Lipinski definition) is 4. The van der Waals surface area contributed by atoms with Crippen LogP contribution in [0.25, 0.3) is 0 Å². The summed E-state index contributed by atoms with van der Waals surface area (Å²) >= 11 is 0. The van der Waals surface area contributed by atoms with Gasteiger partial charge in [-0.1, -0.05) is 19.1 Å². The number of carbonyl (C=O) groups is 2. The van der Waals surface area contributed by atoms with Gasteiger partial charge in [-0.25, -0.2) is 4.79 Å². The molecule has 21 heavy (non-hydrogen) atoms. The van der Waals surface area contributed by atoms with Crippen LogP contribution in [0.2, 0.25) is 0 Å². The van der Waals surface area contributed by atoms with Gasteiger partial charge in [0.15, 0.2) is 0 Å². The maximum Gasteiger partial charge on any atom is 0.329 e. The zero-order chi connectivity index (χ0) is 16.2. The number of nitro groups is 1. The molecule has 0 bridgehead atoms. The van der Waals surface area contributed by atoms with E-state index in [0.717, 1.165) is 0 Å². The van der Waals surface area contributed by atoms with Crippen LogP contribution >= 0.6 is 0 Å². The number of nitrogens with zero attached hydrogens (tertiary/aromatic N) is 1. The zero-order valence-electron chi connectivity index (χ0n) is 12.1. The van der Waals surface area contributed by atoms with Gasteiger partial charge in [-0.05, 0) is 25.8 Å². The third-order valence-electron chi connectivity index (χ3n) is 3.55. The first-order valence-electron chi connectivity index (χ1n) is 6.51. The standard InChI is InChI=1S/C14H18N2O5/c1-4-14(3,13(18)19)15-12(17)9(2)10-6-5-7-11(8-10)16(20)21/h5-9H,4H2,1-3H3,(H,15,17)(H,18,19). The predicted molar refractivity (Wildman–Crippen MR) is 76.0 cm³/mol. The number of aliphatic carboxylic acids is 1. The first-order chi connectivity index (χ1) is 9.71. The lowest BCUT2D eigenvalue weighted by atomic mass is 9.95. The van der Waals surface area contributed by atoms with Crippen LogP contribution in [0.4, 0.5) is 5.69 Å². The number of carbonyl (C=O) groups excluding carboxylic acids is 1. The highest BCUT2D eigenvalue weighted by Gasteiger charge is 2.34. The number of carboxylic acid groups (broad SMARTS) is 1. The molecule has 0 aliphatic heterocycles. The Morgan fingerprint density at radius 2 is 2.10 bits per heavy atom. The Balaban J connectivity index is 2.95. The molecule has 114 valence electrons. The zero-order valence-corrected chi connectivity index (χ0v) is 12.1. The molecule has 1 aromatic rings. The van der Waals surface area contributed by atoms with E-state index >= 15 is 0 Å². The van der Waals surface area contributed by atoms with Gasteiger partial charge in [0.1, 0.15) is 5.54 Å². The van der Waals surface area contributed by atoms with Crippen molar-refractivity contribution in [1.29, 1.82) is 0 Å². The fraction of sp³-hybridized carbons (Fsp3) is 0.429. The number of non-ortho nitro benzene ring substituents is 1. The van der Waals surface area contributed by atoms with Crippen molar-refractivity contribution in [3.05, 3.63) is 39.9 Å². The highest BCUT2D eigenvalue weighted by molar-refractivity contribution is 5.90. The monoisotopic (exact) mass is 294 g/mol. The smallest absolute Gasteiger partial charge is 0.329 e. The van der Waals surface area contributed by atoms with Crippen LogP contribution in [0, 0.1) is 10.1 Å². The maximum absolute atomic E-state index is 12.2. The van der Waals surface area contributed by atoms with E-state index < -0.39 is 28.3 Å². The van der Waals surface area contributed by atoms with Gasteiger partial charge in [0, 0.05) is 12.1 Å². The summed E-state index contributed by atoms with van der Waals surface area (Å²) < 4.78 is 0. The molecule has 0 aliphatic rings. The molecule has 2 atom stereocenters. The molecule has 1 aromatic carbocycles. The van der Waals surface area contributed by atoms with Crippen molar-refractivity contribution in [2.24, 2.45) is 0 Å². The summed E-state index contributed by atoms with van der Waals surface area (Å²) in [5.41, 5.74) is -0.999. The van der Waals surface area contributed by atoms with E-state index in [4.69, 9.17) is 5.11 Å². The van der Waals surface area contributed by atoms with Crippen LogP contribution in [-0.4, -0.2) is 27.4 Å². The van der Waals surface area contributed by atoms with Gasteiger partial charge in [0.2, 0.25) is 5.91 Å². The molecule has 2 unspecified atom stereocenters. The van der Waals surface area contributed by atoms with E-state index in [1.165, 1.54) is 25.1 Å². The summed E-state index contributed by atoms with van der Waals surface area (Å²) in [5.74, 6) is -2.29. The van der Waals surface area contributed by atoms with E-state index in [2.05, 4.69) is 5.32 Å². The van der Waals surface area contributed by atoms with Crippen molar-refractivity contribution < 1.29 is 19.6 Å². The normalized spacial score (nSPS) is 14.8. The minimum Gasteiger partial charge on any atom is -0.480 e. The molecule has 0 spiro atoms. The van der Waals surface area contributed by atoms with Crippen molar-refractivity contribution in [3.8, 4) is 0 Å². The Morgan fingerprint density at radius 1 is 1.48 bits per heavy atom. The summed E-state index contributed by atoms with van der Waals surface area (Å²) in [6.07, 6.45) is 0.232. The van der Waals surface area contributed by atoms with Crippen LogP contribution in [0.5, 0.6) is 0 Å². The number of benzene rings is 1. The Bertz CT molecular complexity index is 572. The van der Waals surface area contributed by atoms with Crippen molar-refractivity contribution >= 4 is 17.6 Å². The van der Waals surface area contributed by atoms with Crippen molar-refractivity contribution in [1.82, 2.24) is 5.32 Å². The van der Waals surface area contributed by atoms with Crippen LogP contribution in [0.15, 0.2) is 24.3 Å². The number of rotatable bonds is 6. The molecule has 0 heterocycles. The Morgan fingerprint density at radius 3 is 2.57 bits per heavy atom. The fourth-order valence-corrected chi connectivity index (χ4v) is 1.73. The van der Waals surface area contributed by atoms with Gasteiger partial charge in [-0.15, -0.1) is 0 Å². The Kier molecular flexibility index (Phi) is 5.02. The largest absolute Gasteiger partial charge is 0.480 e. The molecular formula is C14H18N2O5. The van der Waals surface area contributed by atoms with Gasteiger partial charge in [-0.2, -0.15) is 0 Å². The number of amides is 1. The molecule has 0 aromatic heterocycles. The van der Waals surface area contributed by atoms with Gasteiger partial charge in [0.05, 0.1) is 10.8 Å². The van der Waals surface area contributed by atoms with E-state index in [1.807, 2.05) is 0 Å². The van der Waals surface area contributed by atoms with Crippen molar-refractivity contribution in [2.75, 3.05) is 0 Å². The van der Waals surface area contributed by atoms with Gasteiger partial charge in [-0.3, -0.25) is 14.9 Å². The summed E-state index contributed by atoms with van der Waals surface area (Å²) in [7, 11) is 0. The molecule has 1 amide bonds. The van der Waals surface area contributed by atoms with E-state index in [9.17, 15) is 19.7 Å². The Hall–Kier alpha value is -2.44. The number of nitro benzene ring substituents is 1. The molecule has 0 saturated heterocycles. The molecular weight excluding hydrogens is 276 g/mol. The topological polar surface area (TPSA) is 110 Å². The lowest BCUT2D eigenvalue weighted by molar-refractivity contribution is -0.384. The van der Waals surface area contributed by atoms with Crippen molar-refractivity contribution in [2.45, 2.75) is 38.6 Å². The van der Waals surface area contributed by atoms with Crippen LogP contribution in [0.1, 0.15) is 38.7 Å². The summed E-state index contributed by atoms with van der Waals surface area (Å²) in [6.45, 7) is 4.66. The first-order valence-corrected chi connectivity index (χ1v) is 6.51. The lowest BCUT2D eigenvalue weighted by Crippen LogP contribution is -2.52. The van der Waals surface area contributed by atoms with Gasteiger partial charge < -0.3 is 10.4 Å². The van der Waals surface area contributed by atoms with Crippen LogP contribution < -0.4 is 5.32 Å². The second-order valence-corrected chi connectivity index (χ2v) is 5.05. The summed E-state index contributed by atoms with van der Waals surface area (Å²) in [6, 6.07) is 5.74. The van der Waals surface area contributed by atoms with E-state index in [0.29, 0.717) is 5.56 Å². The fourth-order valence-electron chi connectivity index (χ4n) is 1.73. The molecule has 1 rings (SSSR count). The Labute approximate surface area is 122 Å². The molecule has 7 heteroatoms. The molecule has 2 N–H and O–H groups in total. The molecule has 7 nitrogen and oxygen atoms in total.